The van der Waals surface area contributed by atoms with Crippen LogP contribution in [0.5, 0.6) is 11.5 Å². The summed E-state index contributed by atoms with van der Waals surface area (Å²) in [5, 5.41) is 2.28. The van der Waals surface area contributed by atoms with E-state index in [-0.39, 0.29) is 26.5 Å². The normalized spacial score (nSPS) is 12.8. The van der Waals surface area contributed by atoms with Crippen LogP contribution in [0.4, 0.5) is 22.7 Å². The zero-order valence-corrected chi connectivity index (χ0v) is 36.3. The number of benzene rings is 7. The Morgan fingerprint density at radius 2 is 1.28 bits per heavy atom. The van der Waals surface area contributed by atoms with Crippen molar-refractivity contribution in [3.05, 3.63) is 181 Å². The molecule has 0 radical (unpaired) electrons. The molecule has 0 amide bonds. The molecule has 0 spiro atoms. The molecule has 0 bridgehead atoms. The van der Waals surface area contributed by atoms with E-state index in [1.165, 1.54) is 27.6 Å². The molecule has 8 aromatic rings. The number of aromatic nitrogens is 1. The van der Waals surface area contributed by atoms with E-state index in [0.717, 1.165) is 50.4 Å². The number of fused-ring (bicyclic) bond motifs is 4. The Morgan fingerprint density at radius 3 is 1.98 bits per heavy atom. The Balaban J connectivity index is 0.00000469. The van der Waals surface area contributed by atoms with Crippen LogP contribution in [-0.4, -0.2) is 4.57 Å². The summed E-state index contributed by atoms with van der Waals surface area (Å²) < 4.78 is 9.19. The molecule has 0 aliphatic carbocycles. The van der Waals surface area contributed by atoms with Gasteiger partial charge in [0.05, 0.1) is 0 Å². The van der Waals surface area contributed by atoms with E-state index >= 15 is 0 Å². The van der Waals surface area contributed by atoms with Crippen LogP contribution >= 0.6 is 0 Å². The first-order valence-corrected chi connectivity index (χ1v) is 20.0. The van der Waals surface area contributed by atoms with Crippen LogP contribution in [0.2, 0.25) is 0 Å². The van der Waals surface area contributed by atoms with Crippen molar-refractivity contribution >= 4 is 44.6 Å². The standard InChI is InChI=1S/C53H47N3O.Pt/c1-35(2)44-22-16-23-45(36(3)4)52(44)37-29-41(55-34-54(39-18-9-8-10-19-39)49-25-13-14-26-50(49)55)32-43(30-37)57-42-27-28-47-46-21-11-12-24-48(46)56(51(47)33-42)40-20-15-17-38(31-40)53(5,6)7;/h8-19,21-31,34-36H,1-7H3;/q-4;+4. The zero-order chi connectivity index (χ0) is 39.4. The summed E-state index contributed by atoms with van der Waals surface area (Å²) in [6.45, 7) is 18.0. The van der Waals surface area contributed by atoms with Crippen molar-refractivity contribution in [2.45, 2.75) is 65.7 Å². The fourth-order valence-electron chi connectivity index (χ4n) is 8.19. The van der Waals surface area contributed by atoms with Gasteiger partial charge in [-0.25, -0.2) is 0 Å². The summed E-state index contributed by atoms with van der Waals surface area (Å²) >= 11 is 0. The summed E-state index contributed by atoms with van der Waals surface area (Å²) in [7, 11) is 0. The molecule has 0 fully saturated rings. The van der Waals surface area contributed by atoms with Crippen molar-refractivity contribution in [2.24, 2.45) is 0 Å². The summed E-state index contributed by atoms with van der Waals surface area (Å²) in [4.78, 5) is 4.47. The van der Waals surface area contributed by atoms with Crippen LogP contribution in [-0.2, 0) is 26.5 Å². The molecule has 1 aliphatic heterocycles. The predicted molar refractivity (Wildman–Crippen MR) is 238 cm³/mol. The van der Waals surface area contributed by atoms with Crippen LogP contribution < -0.4 is 14.5 Å². The molecule has 1 aliphatic rings. The fourth-order valence-corrected chi connectivity index (χ4v) is 8.19. The average molecular weight is 937 g/mol. The van der Waals surface area contributed by atoms with Gasteiger partial charge >= 0.3 is 21.1 Å². The van der Waals surface area contributed by atoms with Crippen molar-refractivity contribution in [2.75, 3.05) is 9.80 Å². The number of para-hydroxylation sites is 4. The van der Waals surface area contributed by atoms with Gasteiger partial charge in [-0.15, -0.1) is 59.7 Å². The van der Waals surface area contributed by atoms with Gasteiger partial charge in [-0.2, -0.15) is 29.8 Å². The van der Waals surface area contributed by atoms with Crippen molar-refractivity contribution < 1.29 is 25.8 Å². The third-order valence-electron chi connectivity index (χ3n) is 11.1. The maximum absolute atomic E-state index is 6.93. The van der Waals surface area contributed by atoms with Crippen LogP contribution in [0.1, 0.15) is 77.0 Å². The molecule has 9 rings (SSSR count). The largest absolute Gasteiger partial charge is 4.00 e. The Hall–Kier alpha value is -5.57. The van der Waals surface area contributed by atoms with Crippen molar-refractivity contribution in [3.63, 3.8) is 0 Å². The number of ether oxygens (including phenoxy) is 1. The van der Waals surface area contributed by atoms with Gasteiger partial charge in [-0.05, 0) is 69.7 Å². The van der Waals surface area contributed by atoms with Crippen molar-refractivity contribution in [1.82, 2.24) is 4.57 Å². The van der Waals surface area contributed by atoms with Gasteiger partial charge in [0, 0.05) is 34.1 Å². The number of anilines is 4. The molecule has 0 atom stereocenters. The first-order valence-electron chi connectivity index (χ1n) is 20.0. The molecule has 0 saturated carbocycles. The average Bonchev–Trinajstić information content (AvgIpc) is 3.77. The van der Waals surface area contributed by atoms with E-state index in [2.05, 4.69) is 215 Å². The maximum atomic E-state index is 6.93. The van der Waals surface area contributed by atoms with Crippen molar-refractivity contribution in [3.8, 4) is 28.3 Å². The SMILES string of the molecule is CC(C)c1cccc(C(C)C)c1-c1cc(Oc2[c-]c3c(cc2)c2ccccc2n3-c2[c-]ccc(C(C)(C)C)c2)[c-]c(N2[CH-]N(c3ccccc3)c3ccccc32)c1.[Pt+4]. The number of rotatable bonds is 8. The van der Waals surface area contributed by atoms with E-state index in [1.807, 2.05) is 12.1 Å². The number of nitrogens with zero attached hydrogens (tertiary/aromatic N) is 3. The zero-order valence-electron chi connectivity index (χ0n) is 34.1. The summed E-state index contributed by atoms with van der Waals surface area (Å²) in [5.41, 5.74) is 13.4. The van der Waals surface area contributed by atoms with E-state index < -0.39 is 0 Å². The van der Waals surface area contributed by atoms with E-state index in [4.69, 9.17) is 4.74 Å². The quantitative estimate of drug-likeness (QED) is 0.142. The van der Waals surface area contributed by atoms with Gasteiger partial charge in [0.25, 0.3) is 0 Å². The summed E-state index contributed by atoms with van der Waals surface area (Å²) in [6.07, 6.45) is 0. The van der Waals surface area contributed by atoms with Crippen LogP contribution in [0.3, 0.4) is 0 Å². The molecule has 7 aromatic carbocycles. The molecular weight excluding hydrogens is 890 g/mol. The molecule has 2 heterocycles. The van der Waals surface area contributed by atoms with Gasteiger partial charge in [-0.1, -0.05) is 126 Å². The molecule has 5 heteroatoms. The van der Waals surface area contributed by atoms with E-state index in [9.17, 15) is 0 Å². The molecule has 58 heavy (non-hydrogen) atoms. The van der Waals surface area contributed by atoms with E-state index in [1.54, 1.807) is 0 Å². The van der Waals surface area contributed by atoms with E-state index in [0.29, 0.717) is 23.3 Å². The minimum Gasteiger partial charge on any atom is -0.509 e. The molecule has 1 aromatic heterocycles. The minimum absolute atomic E-state index is 0. The second-order valence-electron chi connectivity index (χ2n) is 16.7. The van der Waals surface area contributed by atoms with Crippen molar-refractivity contribution in [1.29, 1.82) is 0 Å². The predicted octanol–water partition coefficient (Wildman–Crippen LogP) is 14.6. The second-order valence-corrected chi connectivity index (χ2v) is 16.7. The first-order chi connectivity index (χ1) is 27.5. The molecule has 0 unspecified atom stereocenters. The topological polar surface area (TPSA) is 20.6 Å². The van der Waals surface area contributed by atoms with Crippen LogP contribution in [0.25, 0.3) is 38.6 Å². The third-order valence-corrected chi connectivity index (χ3v) is 11.1. The smallest absolute Gasteiger partial charge is 0.509 e. The Kier molecular flexibility index (Phi) is 10.6. The Morgan fingerprint density at radius 1 is 0.603 bits per heavy atom. The third kappa shape index (κ3) is 7.13. The Labute approximate surface area is 358 Å². The molecular formula is C53H47N3OPt. The summed E-state index contributed by atoms with van der Waals surface area (Å²) in [5.74, 6) is 1.90. The fraction of sp³-hybridized carbons (Fsp3) is 0.189. The van der Waals surface area contributed by atoms with Gasteiger partial charge in [0.1, 0.15) is 0 Å². The summed E-state index contributed by atoms with van der Waals surface area (Å²) in [6, 6.07) is 60.3. The second kappa shape index (κ2) is 15.6. The van der Waals surface area contributed by atoms with Gasteiger partial charge in [0.15, 0.2) is 0 Å². The molecule has 290 valence electrons. The monoisotopic (exact) mass is 936 g/mol. The molecule has 0 N–H and O–H groups in total. The minimum atomic E-state index is -0.00577. The van der Waals surface area contributed by atoms with Gasteiger partial charge < -0.3 is 19.1 Å². The number of hydrogen-bond acceptors (Lipinski definition) is 3. The maximum Gasteiger partial charge on any atom is 4.00 e. The Bertz CT molecular complexity index is 2730. The van der Waals surface area contributed by atoms with Gasteiger partial charge in [0.2, 0.25) is 0 Å². The first kappa shape index (κ1) is 39.3. The van der Waals surface area contributed by atoms with Gasteiger partial charge in [-0.3, -0.25) is 0 Å². The molecule has 0 saturated heterocycles. The number of hydrogen-bond donors (Lipinski definition) is 0. The van der Waals surface area contributed by atoms with Crippen LogP contribution in [0.15, 0.2) is 140 Å². The molecule has 4 nitrogen and oxygen atoms in total. The van der Waals surface area contributed by atoms with Crippen LogP contribution in [0, 0.1) is 24.9 Å².